The molecule has 8 aromatic rings. The number of azo groups is 2. The Morgan fingerprint density at radius 2 is 1.22 bits per heavy atom. The topological polar surface area (TPSA) is 286 Å². The number of carboxylic acids is 1. The number of nitrogens with one attached hydrogen (secondary N) is 3. The molecule has 83 heavy (non-hydrogen) atoms. The van der Waals surface area contributed by atoms with Gasteiger partial charge in [-0.2, -0.15) is 5.11 Å². The number of nitrogens with zero attached hydrogens (tertiary/aromatic N) is 8. The molecule has 21 nitrogen and oxygen atoms in total. The molecule has 1 radical (unpaired) electrons. The predicted octanol–water partition coefficient (Wildman–Crippen LogP) is 10.7. The van der Waals surface area contributed by atoms with Crippen molar-refractivity contribution >= 4 is 57.0 Å². The van der Waals surface area contributed by atoms with E-state index in [0.717, 1.165) is 82.3 Å². The first-order valence-corrected chi connectivity index (χ1v) is 26.1. The maximum Gasteiger partial charge on any atom is 3.00 e. The van der Waals surface area contributed by atoms with E-state index in [4.69, 9.17) is 9.15 Å². The van der Waals surface area contributed by atoms with Crippen molar-refractivity contribution in [2.45, 2.75) is 41.5 Å². The first-order valence-electron chi connectivity index (χ1n) is 26.1. The Morgan fingerprint density at radius 3 is 1.78 bits per heavy atom. The number of anilines is 1. The summed E-state index contributed by atoms with van der Waals surface area (Å²) in [6, 6.07) is 47.2. The number of esters is 1. The summed E-state index contributed by atoms with van der Waals surface area (Å²) in [5, 5.41) is 60.2. The van der Waals surface area contributed by atoms with Gasteiger partial charge < -0.3 is 29.5 Å². The zero-order chi connectivity index (χ0) is 58.5. The number of aromatic nitrogens is 4. The second kappa shape index (κ2) is 27.7. The van der Waals surface area contributed by atoms with Crippen LogP contribution in [0.4, 0.5) is 34.1 Å². The van der Waals surface area contributed by atoms with E-state index >= 15 is 0 Å². The molecule has 1 aliphatic heterocycles. The van der Waals surface area contributed by atoms with Crippen molar-refractivity contribution in [3.8, 4) is 39.6 Å². The number of aromatic amines is 2. The zero-order valence-corrected chi connectivity index (χ0v) is 47.3. The number of carboxylic acid groups (broad SMARTS) is 1. The molecule has 419 valence electrons. The molecule has 0 bridgehead atoms. The van der Waals surface area contributed by atoms with Crippen LogP contribution in [0.5, 0.6) is 5.75 Å². The largest absolute Gasteiger partial charge is 3.00 e. The first kappa shape index (κ1) is 60.3. The standard InChI is InChI=1S/C28H30N2O3.C17H14N4O3.C16H13N5O4.Cr/c1-5-29-19-13-15-23-25(17-19)33-26-18-20(30(6-2)7-3)14-16-24(26)27(23)21-11-9-10-12-22(21)28(31)32-8-4;1-11-15(16(22)21(20-11)12-7-3-2-4-8-12)19-18-14-10-6-5-9-13(14)17(23)24;1-10-15(16(23)20(19-10)11-5-3-2-4-6-11)18-17-13-9-12(21(24)25)7-8-14(13)22;/h9-18H,5-8H2,1-4H3;2-10,20H,1H3,(H,23,24);2-9,19,22H,1H3;/q;;;+3/p-1. The molecular formula is C61H56CrN11O10+2. The van der Waals surface area contributed by atoms with Gasteiger partial charge >= 0.3 is 23.3 Å². The number of aromatic carboxylic acids is 1. The molecule has 0 amide bonds. The number of ether oxygens (including phenoxy) is 1. The summed E-state index contributed by atoms with van der Waals surface area (Å²) in [6.45, 7) is 14.5. The number of fused-ring (bicyclic) bond motifs is 2. The fourth-order valence-electron chi connectivity index (χ4n) is 8.82. The van der Waals surface area contributed by atoms with Gasteiger partial charge in [0.05, 0.1) is 63.3 Å². The molecule has 2 aliphatic rings. The molecule has 0 unspecified atom stereocenters. The molecule has 3 heterocycles. The number of nitro benzene ring substituents is 1. The number of non-ortho nitro benzene ring substituents is 1. The van der Waals surface area contributed by atoms with Crippen molar-refractivity contribution in [2.24, 2.45) is 20.5 Å². The smallest absolute Gasteiger partial charge is 0.871 e. The monoisotopic (exact) mass is 1150 g/mol. The van der Waals surface area contributed by atoms with E-state index in [1.54, 1.807) is 62.4 Å². The van der Waals surface area contributed by atoms with E-state index < -0.39 is 22.2 Å². The molecular weight excluding hydrogens is 1100 g/mol. The van der Waals surface area contributed by atoms with Gasteiger partial charge in [0.25, 0.3) is 16.8 Å². The van der Waals surface area contributed by atoms with Crippen LogP contribution in [0.15, 0.2) is 198 Å². The molecule has 3 N–H and O–H groups in total. The number of H-pyrrole nitrogens is 2. The van der Waals surface area contributed by atoms with Gasteiger partial charge in [-0.25, -0.2) is 18.7 Å². The number of aryl methyl sites for hydroxylation is 2. The Balaban J connectivity index is 0.000000181. The van der Waals surface area contributed by atoms with E-state index in [1.807, 2.05) is 67.6 Å². The van der Waals surface area contributed by atoms with E-state index in [-0.39, 0.29) is 62.9 Å². The number of rotatable bonds is 15. The second-order valence-corrected chi connectivity index (χ2v) is 18.1. The van der Waals surface area contributed by atoms with Crippen molar-refractivity contribution < 1.29 is 51.2 Å². The van der Waals surface area contributed by atoms with Crippen LogP contribution in [0.2, 0.25) is 0 Å². The van der Waals surface area contributed by atoms with E-state index in [2.05, 4.69) is 85.6 Å². The Morgan fingerprint density at radius 1 is 0.651 bits per heavy atom. The van der Waals surface area contributed by atoms with E-state index in [0.29, 0.717) is 34.9 Å². The van der Waals surface area contributed by atoms with E-state index in [9.17, 15) is 39.5 Å². The van der Waals surface area contributed by atoms with Crippen LogP contribution in [-0.2, 0) is 22.1 Å². The minimum absolute atomic E-state index is 0. The fourth-order valence-corrected chi connectivity index (χ4v) is 8.82. The van der Waals surface area contributed by atoms with Crippen molar-refractivity contribution in [3.05, 3.63) is 222 Å². The Bertz CT molecular complexity index is 4180. The number of carbonyl (C=O) groups excluding carboxylic acids is 2. The summed E-state index contributed by atoms with van der Waals surface area (Å²) in [5.41, 5.74) is 6.27. The van der Waals surface area contributed by atoms with Crippen molar-refractivity contribution in [2.75, 3.05) is 31.6 Å². The van der Waals surface area contributed by atoms with Crippen molar-refractivity contribution in [1.82, 2.24) is 24.1 Å². The molecule has 22 heteroatoms. The maximum absolute atomic E-state index is 12.8. The first-order chi connectivity index (χ1) is 39.6. The van der Waals surface area contributed by atoms with Crippen LogP contribution in [0, 0.1) is 24.0 Å². The summed E-state index contributed by atoms with van der Waals surface area (Å²) >= 11 is 0. The molecule has 10 rings (SSSR count). The number of hydrogen-bond donors (Lipinski definition) is 3. The minimum atomic E-state index is -1.35. The van der Waals surface area contributed by atoms with Crippen LogP contribution in [-0.4, -0.2) is 62.7 Å². The number of benzene rings is 7. The minimum Gasteiger partial charge on any atom is -0.871 e. The van der Waals surface area contributed by atoms with Crippen LogP contribution in [0.1, 0.15) is 59.8 Å². The molecule has 0 fully saturated rings. The summed E-state index contributed by atoms with van der Waals surface area (Å²) < 4.78 is 16.8. The van der Waals surface area contributed by atoms with Gasteiger partial charge in [0.15, 0.2) is 11.4 Å². The SMILES string of the molecule is CCNc1ccc2c(-c3ccccc3C(=O)OCC)c3ccc(=[N+](CC)CC)cc-3oc2c1.Cc1[nH]n(-c2ccccc2)c(=O)c1N=Nc1cc([N+](=O)[O-])ccc1[O-].Cc1[nH]n(-c2ccccc2)c(=O)c1N=Nc1ccccc1C(=O)[O-].[Cr+3]. The van der Waals surface area contributed by atoms with Crippen LogP contribution < -0.4 is 36.6 Å². The molecule has 2 aromatic heterocycles. The summed E-state index contributed by atoms with van der Waals surface area (Å²) in [4.78, 5) is 59.0. The third-order valence-electron chi connectivity index (χ3n) is 12.8. The summed E-state index contributed by atoms with van der Waals surface area (Å²) in [7, 11) is 0. The second-order valence-electron chi connectivity index (χ2n) is 18.1. The van der Waals surface area contributed by atoms with Gasteiger partial charge in [-0.3, -0.25) is 29.9 Å². The van der Waals surface area contributed by atoms with Gasteiger partial charge in [0.1, 0.15) is 24.4 Å². The number of hydrogen-bond acceptors (Lipinski definition) is 15. The maximum atomic E-state index is 12.8. The van der Waals surface area contributed by atoms with Crippen LogP contribution in [0.25, 0.3) is 44.8 Å². The molecule has 0 saturated heterocycles. The zero-order valence-electron chi connectivity index (χ0n) is 46.0. The normalized spacial score (nSPS) is 10.9. The van der Waals surface area contributed by atoms with Crippen molar-refractivity contribution in [3.63, 3.8) is 0 Å². The van der Waals surface area contributed by atoms with Gasteiger partial charge in [-0.15, -0.1) is 15.3 Å². The summed E-state index contributed by atoms with van der Waals surface area (Å²) in [6.07, 6.45) is 0. The third kappa shape index (κ3) is 13.8. The number of para-hydroxylation sites is 2. The average Bonchev–Trinajstić information content (AvgIpc) is 4.09. The average molecular weight is 1160 g/mol. The molecule has 0 spiro atoms. The van der Waals surface area contributed by atoms with Crippen molar-refractivity contribution in [1.29, 1.82) is 0 Å². The van der Waals surface area contributed by atoms with Gasteiger partial charge in [0.2, 0.25) is 5.36 Å². The quantitative estimate of drug-likeness (QED) is 0.0217. The molecule has 0 atom stereocenters. The van der Waals surface area contributed by atoms with Crippen LogP contribution in [0.3, 0.4) is 0 Å². The Labute approximate surface area is 485 Å². The Hall–Kier alpha value is -10.3. The van der Waals surface area contributed by atoms with Gasteiger partial charge in [-0.05, 0) is 102 Å². The number of nitro groups is 1. The fraction of sp³-hybridized carbons (Fsp3) is 0.164. The predicted molar refractivity (Wildman–Crippen MR) is 309 cm³/mol. The van der Waals surface area contributed by atoms with Crippen LogP contribution >= 0.6 is 0 Å². The third-order valence-corrected chi connectivity index (χ3v) is 12.8. The van der Waals surface area contributed by atoms with Gasteiger partial charge in [-0.1, -0.05) is 84.6 Å². The van der Waals surface area contributed by atoms with Gasteiger partial charge in [0, 0.05) is 58.6 Å². The Kier molecular flexibility index (Phi) is 20.2. The summed E-state index contributed by atoms with van der Waals surface area (Å²) in [5.74, 6) is -1.41. The number of carbonyl (C=O) groups is 2. The molecule has 0 saturated carbocycles. The van der Waals surface area contributed by atoms with E-state index in [1.165, 1.54) is 21.5 Å². The molecule has 6 aromatic carbocycles. The molecule has 1 aliphatic carbocycles.